The molecule has 0 unspecified atom stereocenters. The lowest BCUT2D eigenvalue weighted by Crippen LogP contribution is -2.14. The maximum atomic E-state index is 13.1. The first-order chi connectivity index (χ1) is 11.7. The molecule has 1 atom stereocenters. The average molecular weight is 329 g/mol. The molecule has 1 heterocycles. The SMILES string of the molecule is OCC[C@@H](Nc1nc(C(F)F)nc2ccccc12)c1ccccc1. The Labute approximate surface area is 138 Å². The van der Waals surface area contributed by atoms with E-state index in [-0.39, 0.29) is 12.6 Å². The number of aliphatic hydroxyl groups excluding tert-OH is 1. The van der Waals surface area contributed by atoms with Crippen LogP contribution in [0.5, 0.6) is 0 Å². The van der Waals surface area contributed by atoms with Crippen LogP contribution in [-0.4, -0.2) is 21.7 Å². The number of nitrogens with one attached hydrogen (secondary N) is 1. The van der Waals surface area contributed by atoms with Gasteiger partial charge in [-0.1, -0.05) is 42.5 Å². The molecule has 2 N–H and O–H groups in total. The maximum Gasteiger partial charge on any atom is 0.297 e. The number of hydrogen-bond acceptors (Lipinski definition) is 4. The van der Waals surface area contributed by atoms with Crippen molar-refractivity contribution < 1.29 is 13.9 Å². The highest BCUT2D eigenvalue weighted by Crippen LogP contribution is 2.28. The van der Waals surface area contributed by atoms with E-state index in [1.54, 1.807) is 18.2 Å². The third kappa shape index (κ3) is 3.49. The fourth-order valence-corrected chi connectivity index (χ4v) is 2.60. The lowest BCUT2D eigenvalue weighted by Gasteiger charge is -2.20. The molecule has 6 heteroatoms. The first-order valence-electron chi connectivity index (χ1n) is 7.66. The van der Waals surface area contributed by atoms with Crippen molar-refractivity contribution in [3.8, 4) is 0 Å². The highest BCUT2D eigenvalue weighted by Gasteiger charge is 2.18. The smallest absolute Gasteiger partial charge is 0.297 e. The van der Waals surface area contributed by atoms with Crippen LogP contribution in [0, 0.1) is 0 Å². The number of aromatic nitrogens is 2. The second kappa shape index (κ2) is 7.31. The fraction of sp³-hybridized carbons (Fsp3) is 0.222. The van der Waals surface area contributed by atoms with E-state index >= 15 is 0 Å². The molecule has 2 aromatic carbocycles. The van der Waals surface area contributed by atoms with Gasteiger partial charge in [-0.3, -0.25) is 0 Å². The summed E-state index contributed by atoms with van der Waals surface area (Å²) in [6, 6.07) is 16.3. The topological polar surface area (TPSA) is 58.0 Å². The molecule has 3 rings (SSSR count). The largest absolute Gasteiger partial charge is 0.396 e. The molecule has 0 saturated heterocycles. The summed E-state index contributed by atoms with van der Waals surface area (Å²) >= 11 is 0. The number of hydrogen-bond donors (Lipinski definition) is 2. The number of benzene rings is 2. The summed E-state index contributed by atoms with van der Waals surface area (Å²) < 4.78 is 26.2. The molecule has 124 valence electrons. The Balaban J connectivity index is 2.03. The maximum absolute atomic E-state index is 13.1. The summed E-state index contributed by atoms with van der Waals surface area (Å²) in [6.07, 6.45) is -2.31. The molecular weight excluding hydrogens is 312 g/mol. The van der Waals surface area contributed by atoms with Gasteiger partial charge >= 0.3 is 0 Å². The van der Waals surface area contributed by atoms with Gasteiger partial charge in [0.15, 0.2) is 5.82 Å². The Morgan fingerprint density at radius 3 is 2.38 bits per heavy atom. The van der Waals surface area contributed by atoms with Crippen LogP contribution in [0.1, 0.15) is 30.3 Å². The summed E-state index contributed by atoms with van der Waals surface area (Å²) in [7, 11) is 0. The molecule has 0 aliphatic carbocycles. The van der Waals surface area contributed by atoms with Gasteiger partial charge < -0.3 is 10.4 Å². The number of nitrogens with zero attached hydrogens (tertiary/aromatic N) is 2. The quantitative estimate of drug-likeness (QED) is 0.715. The number of rotatable bonds is 6. The van der Waals surface area contributed by atoms with Gasteiger partial charge in [-0.15, -0.1) is 0 Å². The zero-order valence-corrected chi connectivity index (χ0v) is 12.9. The van der Waals surface area contributed by atoms with Crippen LogP contribution in [-0.2, 0) is 0 Å². The first kappa shape index (κ1) is 16.3. The number of aliphatic hydroxyl groups is 1. The summed E-state index contributed by atoms with van der Waals surface area (Å²) in [6.45, 7) is -0.0305. The molecule has 0 aliphatic rings. The molecule has 0 amide bonds. The van der Waals surface area contributed by atoms with Crippen LogP contribution in [0.2, 0.25) is 0 Å². The summed E-state index contributed by atoms with van der Waals surface area (Å²) in [5, 5.41) is 13.2. The van der Waals surface area contributed by atoms with E-state index < -0.39 is 12.2 Å². The monoisotopic (exact) mass is 329 g/mol. The van der Waals surface area contributed by atoms with Gasteiger partial charge in [0.1, 0.15) is 5.82 Å². The van der Waals surface area contributed by atoms with E-state index in [1.807, 2.05) is 36.4 Å². The van der Waals surface area contributed by atoms with Crippen molar-refractivity contribution >= 4 is 16.7 Å². The zero-order chi connectivity index (χ0) is 16.9. The molecular formula is C18H17F2N3O. The predicted molar refractivity (Wildman–Crippen MR) is 89.0 cm³/mol. The van der Waals surface area contributed by atoms with Crippen LogP contribution >= 0.6 is 0 Å². The second-order valence-electron chi connectivity index (χ2n) is 5.37. The highest BCUT2D eigenvalue weighted by molar-refractivity contribution is 5.89. The number of alkyl halides is 2. The second-order valence-corrected chi connectivity index (χ2v) is 5.37. The molecule has 24 heavy (non-hydrogen) atoms. The highest BCUT2D eigenvalue weighted by atomic mass is 19.3. The standard InChI is InChI=1S/C18H17F2N3O/c19-16(20)18-22-15-9-5-4-8-13(15)17(23-18)21-14(10-11-24)12-6-2-1-3-7-12/h1-9,14,16,24H,10-11H2,(H,21,22,23)/t14-/m1/s1. The molecule has 0 spiro atoms. The van der Waals surface area contributed by atoms with Crippen molar-refractivity contribution in [3.63, 3.8) is 0 Å². The Hall–Kier alpha value is -2.60. The molecule has 0 fully saturated rings. The van der Waals surface area contributed by atoms with Crippen molar-refractivity contribution in [3.05, 3.63) is 66.0 Å². The van der Waals surface area contributed by atoms with Crippen molar-refractivity contribution in [2.45, 2.75) is 18.9 Å². The van der Waals surface area contributed by atoms with E-state index in [2.05, 4.69) is 15.3 Å². The number of para-hydroxylation sites is 1. The molecule has 0 bridgehead atoms. The molecule has 1 aromatic heterocycles. The summed E-state index contributed by atoms with van der Waals surface area (Å²) in [5.74, 6) is -0.162. The number of fused-ring (bicyclic) bond motifs is 1. The van der Waals surface area contributed by atoms with Gasteiger partial charge in [0, 0.05) is 12.0 Å². The van der Waals surface area contributed by atoms with Crippen LogP contribution in [0.3, 0.4) is 0 Å². The van der Waals surface area contributed by atoms with Crippen molar-refractivity contribution in [2.75, 3.05) is 11.9 Å². The Morgan fingerprint density at radius 2 is 1.67 bits per heavy atom. The first-order valence-corrected chi connectivity index (χ1v) is 7.66. The van der Waals surface area contributed by atoms with Crippen LogP contribution in [0.4, 0.5) is 14.6 Å². The van der Waals surface area contributed by atoms with Crippen LogP contribution in [0.25, 0.3) is 10.9 Å². The van der Waals surface area contributed by atoms with Gasteiger partial charge in [-0.25, -0.2) is 18.7 Å². The van der Waals surface area contributed by atoms with Crippen molar-refractivity contribution in [2.24, 2.45) is 0 Å². The van der Waals surface area contributed by atoms with E-state index in [0.717, 1.165) is 5.56 Å². The Morgan fingerprint density at radius 1 is 0.958 bits per heavy atom. The zero-order valence-electron chi connectivity index (χ0n) is 12.9. The van der Waals surface area contributed by atoms with Gasteiger partial charge in [0.25, 0.3) is 6.43 Å². The van der Waals surface area contributed by atoms with Gasteiger partial charge in [-0.05, 0) is 24.1 Å². The summed E-state index contributed by atoms with van der Waals surface area (Å²) in [5.41, 5.74) is 1.41. The third-order valence-electron chi connectivity index (χ3n) is 3.75. The fourth-order valence-electron chi connectivity index (χ4n) is 2.60. The minimum Gasteiger partial charge on any atom is -0.396 e. The third-order valence-corrected chi connectivity index (χ3v) is 3.75. The minimum atomic E-state index is -2.75. The van der Waals surface area contributed by atoms with E-state index in [9.17, 15) is 13.9 Å². The predicted octanol–water partition coefficient (Wildman–Crippen LogP) is 4.10. The lowest BCUT2D eigenvalue weighted by atomic mass is 10.0. The molecule has 0 aliphatic heterocycles. The Bertz CT molecular complexity index is 812. The minimum absolute atomic E-state index is 0.0305. The van der Waals surface area contributed by atoms with E-state index in [1.165, 1.54) is 0 Å². The van der Waals surface area contributed by atoms with E-state index in [4.69, 9.17) is 0 Å². The lowest BCUT2D eigenvalue weighted by molar-refractivity contribution is 0.141. The van der Waals surface area contributed by atoms with Gasteiger partial charge in [-0.2, -0.15) is 0 Å². The molecule has 4 nitrogen and oxygen atoms in total. The van der Waals surface area contributed by atoms with Crippen LogP contribution in [0.15, 0.2) is 54.6 Å². The van der Waals surface area contributed by atoms with Gasteiger partial charge in [0.2, 0.25) is 0 Å². The molecule has 0 radical (unpaired) electrons. The number of halogens is 2. The Kier molecular flexibility index (Phi) is 4.96. The van der Waals surface area contributed by atoms with Crippen molar-refractivity contribution in [1.29, 1.82) is 0 Å². The van der Waals surface area contributed by atoms with E-state index in [0.29, 0.717) is 23.1 Å². The van der Waals surface area contributed by atoms with Gasteiger partial charge in [0.05, 0.1) is 11.6 Å². The molecule has 3 aromatic rings. The number of anilines is 1. The van der Waals surface area contributed by atoms with Crippen LogP contribution < -0.4 is 5.32 Å². The summed E-state index contributed by atoms with van der Waals surface area (Å²) in [4.78, 5) is 7.91. The average Bonchev–Trinajstić information content (AvgIpc) is 2.62. The van der Waals surface area contributed by atoms with Crippen molar-refractivity contribution in [1.82, 2.24) is 9.97 Å². The molecule has 0 saturated carbocycles. The normalized spacial score (nSPS) is 12.5.